The van der Waals surface area contributed by atoms with Crippen LogP contribution in [0.2, 0.25) is 5.02 Å². The lowest BCUT2D eigenvalue weighted by Gasteiger charge is -2.11. The summed E-state index contributed by atoms with van der Waals surface area (Å²) >= 11 is 6.07. The van der Waals surface area contributed by atoms with Crippen molar-refractivity contribution in [1.82, 2.24) is 0 Å². The Morgan fingerprint density at radius 2 is 1.90 bits per heavy atom. The smallest absolute Gasteiger partial charge is 0.265 e. The van der Waals surface area contributed by atoms with E-state index in [9.17, 15) is 8.42 Å². The molecule has 7 heteroatoms. The van der Waals surface area contributed by atoms with Gasteiger partial charge in [-0.2, -0.15) is 0 Å². The van der Waals surface area contributed by atoms with E-state index in [0.29, 0.717) is 27.8 Å². The monoisotopic (exact) mass is 328 g/mol. The van der Waals surface area contributed by atoms with Crippen molar-refractivity contribution in [2.75, 3.05) is 4.72 Å². The van der Waals surface area contributed by atoms with Crippen molar-refractivity contribution in [2.24, 2.45) is 5.73 Å². The van der Waals surface area contributed by atoms with E-state index in [1.54, 1.807) is 32.0 Å². The van der Waals surface area contributed by atoms with Crippen LogP contribution < -0.4 is 10.5 Å². The molecule has 0 aliphatic carbocycles. The molecule has 0 radical (unpaired) electrons. The highest BCUT2D eigenvalue weighted by Crippen LogP contribution is 2.30. The van der Waals surface area contributed by atoms with Crippen LogP contribution in [0.4, 0.5) is 5.69 Å². The summed E-state index contributed by atoms with van der Waals surface area (Å²) in [6.07, 6.45) is 0. The first-order valence-electron chi connectivity index (χ1n) is 6.34. The Morgan fingerprint density at radius 1 is 1.24 bits per heavy atom. The molecular formula is C14H17ClN2O3S. The molecule has 0 saturated heterocycles. The average Bonchev–Trinajstić information content (AvgIpc) is 2.67. The molecule has 0 aliphatic heterocycles. The first-order chi connectivity index (χ1) is 9.76. The maximum Gasteiger partial charge on any atom is 0.265 e. The van der Waals surface area contributed by atoms with Gasteiger partial charge in [0.1, 0.15) is 16.4 Å². The fraction of sp³-hybridized carbons (Fsp3) is 0.286. The Balaban J connectivity index is 2.48. The second kappa shape index (κ2) is 5.71. The van der Waals surface area contributed by atoms with E-state index < -0.39 is 10.0 Å². The largest absolute Gasteiger partial charge is 0.465 e. The molecule has 2 rings (SSSR count). The summed E-state index contributed by atoms with van der Waals surface area (Å²) in [5.41, 5.74) is 7.37. The molecule has 0 fully saturated rings. The van der Waals surface area contributed by atoms with Gasteiger partial charge in [0, 0.05) is 12.1 Å². The zero-order chi connectivity index (χ0) is 15.8. The zero-order valence-corrected chi connectivity index (χ0v) is 13.6. The van der Waals surface area contributed by atoms with Crippen LogP contribution in [0.1, 0.15) is 22.6 Å². The lowest BCUT2D eigenvalue weighted by molar-refractivity contribution is 0.494. The van der Waals surface area contributed by atoms with Gasteiger partial charge in [0.2, 0.25) is 0 Å². The lowest BCUT2D eigenvalue weighted by atomic mass is 10.2. The molecule has 1 aromatic heterocycles. The van der Waals surface area contributed by atoms with Gasteiger partial charge in [0.15, 0.2) is 0 Å². The molecule has 0 atom stereocenters. The minimum Gasteiger partial charge on any atom is -0.465 e. The predicted octanol–water partition coefficient (Wildman–Crippen LogP) is 3.12. The third kappa shape index (κ3) is 3.07. The molecule has 5 nitrogen and oxygen atoms in total. The maximum absolute atomic E-state index is 12.6. The van der Waals surface area contributed by atoms with Crippen molar-refractivity contribution in [1.29, 1.82) is 0 Å². The van der Waals surface area contributed by atoms with Crippen LogP contribution >= 0.6 is 11.6 Å². The molecule has 0 aliphatic rings. The minimum atomic E-state index is -3.81. The number of furan rings is 1. The standard InChI is InChI=1S/C14H17ClN2O3S/c1-8-4-5-13(12(15)6-8)17-21(18,19)14-10(3)20-9(2)11(14)7-16/h4-6,17H,7,16H2,1-3H3. The van der Waals surface area contributed by atoms with Crippen LogP contribution in [-0.2, 0) is 16.6 Å². The first kappa shape index (κ1) is 15.9. The highest BCUT2D eigenvalue weighted by atomic mass is 35.5. The predicted molar refractivity (Wildman–Crippen MR) is 83.1 cm³/mol. The summed E-state index contributed by atoms with van der Waals surface area (Å²) in [6, 6.07) is 5.09. The topological polar surface area (TPSA) is 85.3 Å². The van der Waals surface area contributed by atoms with Crippen LogP contribution in [-0.4, -0.2) is 8.42 Å². The highest BCUT2D eigenvalue weighted by molar-refractivity contribution is 7.92. The maximum atomic E-state index is 12.6. The summed E-state index contributed by atoms with van der Waals surface area (Å²) in [7, 11) is -3.81. The second-order valence-electron chi connectivity index (χ2n) is 4.82. The van der Waals surface area contributed by atoms with Crippen LogP contribution in [0, 0.1) is 20.8 Å². The van der Waals surface area contributed by atoms with Crippen molar-refractivity contribution >= 4 is 27.3 Å². The molecule has 2 aromatic rings. The molecule has 21 heavy (non-hydrogen) atoms. The third-order valence-electron chi connectivity index (χ3n) is 3.17. The van der Waals surface area contributed by atoms with Crippen molar-refractivity contribution < 1.29 is 12.8 Å². The van der Waals surface area contributed by atoms with Gasteiger partial charge in [0.05, 0.1) is 10.7 Å². The Labute approximate surface area is 129 Å². The van der Waals surface area contributed by atoms with Gasteiger partial charge in [-0.05, 0) is 38.5 Å². The molecule has 0 spiro atoms. The number of aryl methyl sites for hydroxylation is 3. The summed E-state index contributed by atoms with van der Waals surface area (Å²) in [4.78, 5) is 0.0825. The van der Waals surface area contributed by atoms with Gasteiger partial charge in [-0.3, -0.25) is 4.72 Å². The third-order valence-corrected chi connectivity index (χ3v) is 5.04. The van der Waals surface area contributed by atoms with Gasteiger partial charge < -0.3 is 10.2 Å². The van der Waals surface area contributed by atoms with E-state index in [1.807, 2.05) is 6.92 Å². The number of halogens is 1. The number of nitrogens with two attached hydrogens (primary N) is 1. The van der Waals surface area contributed by atoms with Gasteiger partial charge in [-0.15, -0.1) is 0 Å². The number of sulfonamides is 1. The lowest BCUT2D eigenvalue weighted by Crippen LogP contribution is -2.16. The Kier molecular flexibility index (Phi) is 4.32. The molecule has 3 N–H and O–H groups in total. The molecule has 1 aromatic carbocycles. The molecule has 0 bridgehead atoms. The summed E-state index contributed by atoms with van der Waals surface area (Å²) in [6.45, 7) is 5.24. The molecular weight excluding hydrogens is 312 g/mol. The average molecular weight is 329 g/mol. The van der Waals surface area contributed by atoms with Crippen LogP contribution in [0.3, 0.4) is 0 Å². The number of nitrogens with one attached hydrogen (secondary N) is 1. The molecule has 1 heterocycles. The van der Waals surface area contributed by atoms with Crippen molar-refractivity contribution in [3.05, 3.63) is 45.9 Å². The fourth-order valence-electron chi connectivity index (χ4n) is 2.20. The normalized spacial score (nSPS) is 11.7. The van der Waals surface area contributed by atoms with E-state index in [0.717, 1.165) is 5.56 Å². The van der Waals surface area contributed by atoms with E-state index in [4.69, 9.17) is 21.8 Å². The van der Waals surface area contributed by atoms with Crippen molar-refractivity contribution in [3.63, 3.8) is 0 Å². The van der Waals surface area contributed by atoms with Crippen LogP contribution in [0.15, 0.2) is 27.5 Å². The van der Waals surface area contributed by atoms with Crippen LogP contribution in [0.25, 0.3) is 0 Å². The number of anilines is 1. The second-order valence-corrected chi connectivity index (χ2v) is 6.84. The van der Waals surface area contributed by atoms with E-state index in [1.165, 1.54) is 0 Å². The molecule has 0 amide bonds. The molecule has 0 unspecified atom stereocenters. The van der Waals surface area contributed by atoms with Crippen molar-refractivity contribution in [3.8, 4) is 0 Å². The van der Waals surface area contributed by atoms with E-state index in [-0.39, 0.29) is 11.4 Å². The van der Waals surface area contributed by atoms with Crippen LogP contribution in [0.5, 0.6) is 0 Å². The number of benzene rings is 1. The number of hydrogen-bond acceptors (Lipinski definition) is 4. The van der Waals surface area contributed by atoms with Gasteiger partial charge in [-0.1, -0.05) is 17.7 Å². The summed E-state index contributed by atoms with van der Waals surface area (Å²) in [5.74, 6) is 0.814. The molecule has 0 saturated carbocycles. The quantitative estimate of drug-likeness (QED) is 0.903. The van der Waals surface area contributed by atoms with E-state index >= 15 is 0 Å². The fourth-order valence-corrected chi connectivity index (χ4v) is 4.08. The minimum absolute atomic E-state index is 0.0825. The van der Waals surface area contributed by atoms with Gasteiger partial charge >= 0.3 is 0 Å². The van der Waals surface area contributed by atoms with Crippen molar-refractivity contribution in [2.45, 2.75) is 32.2 Å². The van der Waals surface area contributed by atoms with Gasteiger partial charge in [0.25, 0.3) is 10.0 Å². The number of rotatable bonds is 4. The summed E-state index contributed by atoms with van der Waals surface area (Å²) in [5, 5.41) is 0.339. The Morgan fingerprint density at radius 3 is 2.48 bits per heavy atom. The highest BCUT2D eigenvalue weighted by Gasteiger charge is 2.26. The zero-order valence-electron chi connectivity index (χ0n) is 12.0. The number of hydrogen-bond donors (Lipinski definition) is 2. The molecule has 114 valence electrons. The Hall–Kier alpha value is -1.50. The first-order valence-corrected chi connectivity index (χ1v) is 8.20. The van der Waals surface area contributed by atoms with E-state index in [2.05, 4.69) is 4.72 Å². The van der Waals surface area contributed by atoms with Gasteiger partial charge in [-0.25, -0.2) is 8.42 Å². The Bertz CT molecular complexity index is 782. The SMILES string of the molecule is Cc1ccc(NS(=O)(=O)c2c(C)oc(C)c2CN)c(Cl)c1. The summed E-state index contributed by atoms with van der Waals surface area (Å²) < 4.78 is 33.0.